The summed E-state index contributed by atoms with van der Waals surface area (Å²) in [6.45, 7) is 3.71. The molecule has 3 atom stereocenters. The maximum absolute atomic E-state index is 12.3. The van der Waals surface area contributed by atoms with Gasteiger partial charge in [0.05, 0.1) is 12.4 Å². The second kappa shape index (κ2) is 10.0. The van der Waals surface area contributed by atoms with Crippen molar-refractivity contribution in [3.63, 3.8) is 0 Å². The van der Waals surface area contributed by atoms with Crippen LogP contribution in [0.25, 0.3) is 0 Å². The first kappa shape index (κ1) is 21.0. The van der Waals surface area contributed by atoms with Gasteiger partial charge in [-0.3, -0.25) is 9.59 Å². The van der Waals surface area contributed by atoms with Crippen molar-refractivity contribution < 1.29 is 19.5 Å². The van der Waals surface area contributed by atoms with Crippen molar-refractivity contribution in [2.45, 2.75) is 44.8 Å². The lowest BCUT2D eigenvalue weighted by atomic mass is 10.0. The van der Waals surface area contributed by atoms with Gasteiger partial charge < -0.3 is 26.5 Å². The molecular weight excluding hydrogens is 346 g/mol. The van der Waals surface area contributed by atoms with Crippen molar-refractivity contribution in [1.29, 1.82) is 0 Å². The lowest BCUT2D eigenvalue weighted by Gasteiger charge is -2.22. The third kappa shape index (κ3) is 7.14. The van der Waals surface area contributed by atoms with E-state index < -0.39 is 35.9 Å². The molecule has 6 N–H and O–H groups in total. The number of aliphatic carboxylic acids is 1. The standard InChI is InChI=1S/C15H25N5O4S/c1-8(2)3-11(15(23)24)19-14(22)12(6-25)20-13(21)10(16)4-9-5-17-7-18-9/h5,7-8,10-12,25H,3-4,6,16H2,1-2H3,(H,17,18)(H,19,22)(H,20,21)(H,23,24). The maximum Gasteiger partial charge on any atom is 0.326 e. The molecule has 25 heavy (non-hydrogen) atoms. The van der Waals surface area contributed by atoms with Crippen LogP contribution >= 0.6 is 12.6 Å². The van der Waals surface area contributed by atoms with E-state index in [0.29, 0.717) is 5.69 Å². The average Bonchev–Trinajstić information content (AvgIpc) is 3.03. The number of thiol groups is 1. The number of rotatable bonds is 10. The number of aromatic nitrogens is 2. The van der Waals surface area contributed by atoms with Gasteiger partial charge >= 0.3 is 5.97 Å². The molecule has 0 fully saturated rings. The highest BCUT2D eigenvalue weighted by Crippen LogP contribution is 2.06. The van der Waals surface area contributed by atoms with E-state index in [4.69, 9.17) is 5.73 Å². The molecule has 1 heterocycles. The number of carbonyl (C=O) groups is 3. The molecule has 2 amide bonds. The van der Waals surface area contributed by atoms with Crippen molar-refractivity contribution in [3.05, 3.63) is 18.2 Å². The van der Waals surface area contributed by atoms with E-state index in [-0.39, 0.29) is 24.5 Å². The van der Waals surface area contributed by atoms with Gasteiger partial charge in [0.1, 0.15) is 12.1 Å². The van der Waals surface area contributed by atoms with Crippen LogP contribution in [0.4, 0.5) is 0 Å². The zero-order chi connectivity index (χ0) is 19.0. The molecule has 0 spiro atoms. The zero-order valence-electron chi connectivity index (χ0n) is 14.2. The lowest BCUT2D eigenvalue weighted by Crippen LogP contribution is -2.55. The Labute approximate surface area is 151 Å². The predicted molar refractivity (Wildman–Crippen MR) is 95.1 cm³/mol. The predicted octanol–water partition coefficient (Wildman–Crippen LogP) is -0.690. The van der Waals surface area contributed by atoms with Crippen molar-refractivity contribution in [2.24, 2.45) is 11.7 Å². The molecule has 1 aromatic rings. The second-order valence-electron chi connectivity index (χ2n) is 6.16. The summed E-state index contributed by atoms with van der Waals surface area (Å²) in [6.07, 6.45) is 3.55. The number of amides is 2. The first-order valence-corrected chi connectivity index (χ1v) is 8.55. The Kier molecular flexibility index (Phi) is 8.42. The van der Waals surface area contributed by atoms with Crippen LogP contribution in [-0.2, 0) is 20.8 Å². The second-order valence-corrected chi connectivity index (χ2v) is 6.53. The van der Waals surface area contributed by atoms with Crippen LogP contribution in [0.15, 0.2) is 12.5 Å². The van der Waals surface area contributed by atoms with Crippen LogP contribution in [0.1, 0.15) is 26.0 Å². The van der Waals surface area contributed by atoms with Crippen molar-refractivity contribution in [2.75, 3.05) is 5.75 Å². The molecule has 10 heteroatoms. The van der Waals surface area contributed by atoms with Gasteiger partial charge in [-0.1, -0.05) is 13.8 Å². The van der Waals surface area contributed by atoms with Gasteiger partial charge in [0.15, 0.2) is 0 Å². The Morgan fingerprint density at radius 1 is 1.28 bits per heavy atom. The molecule has 1 rings (SSSR count). The number of H-pyrrole nitrogens is 1. The Hall–Kier alpha value is -2.07. The first-order valence-electron chi connectivity index (χ1n) is 7.91. The molecule has 0 aromatic carbocycles. The highest BCUT2D eigenvalue weighted by atomic mass is 32.1. The summed E-state index contributed by atoms with van der Waals surface area (Å²) >= 11 is 4.05. The van der Waals surface area contributed by atoms with Gasteiger partial charge in [-0.25, -0.2) is 9.78 Å². The fraction of sp³-hybridized carbons (Fsp3) is 0.600. The van der Waals surface area contributed by atoms with Crippen LogP contribution in [0.2, 0.25) is 0 Å². The molecule has 1 aromatic heterocycles. The Balaban J connectivity index is 2.62. The Morgan fingerprint density at radius 3 is 2.40 bits per heavy atom. The van der Waals surface area contributed by atoms with Gasteiger partial charge in [0.25, 0.3) is 0 Å². The highest BCUT2D eigenvalue weighted by Gasteiger charge is 2.27. The fourth-order valence-corrected chi connectivity index (χ4v) is 2.42. The maximum atomic E-state index is 12.3. The summed E-state index contributed by atoms with van der Waals surface area (Å²) < 4.78 is 0. The highest BCUT2D eigenvalue weighted by molar-refractivity contribution is 7.80. The van der Waals surface area contributed by atoms with E-state index in [9.17, 15) is 19.5 Å². The van der Waals surface area contributed by atoms with Gasteiger partial charge in [-0.2, -0.15) is 12.6 Å². The number of imidazole rings is 1. The van der Waals surface area contributed by atoms with E-state index in [1.54, 1.807) is 6.20 Å². The Morgan fingerprint density at radius 2 is 1.92 bits per heavy atom. The monoisotopic (exact) mass is 371 g/mol. The van der Waals surface area contributed by atoms with Crippen LogP contribution in [0.3, 0.4) is 0 Å². The number of nitrogens with zero attached hydrogens (tertiary/aromatic N) is 1. The molecule has 3 unspecified atom stereocenters. The Bertz CT molecular complexity index is 578. The molecule has 140 valence electrons. The molecular formula is C15H25N5O4S. The normalized spacial score (nSPS) is 14.6. The average molecular weight is 371 g/mol. The third-order valence-electron chi connectivity index (χ3n) is 3.47. The third-order valence-corrected chi connectivity index (χ3v) is 3.83. The number of hydrogen-bond acceptors (Lipinski definition) is 6. The van der Waals surface area contributed by atoms with E-state index in [1.165, 1.54) is 6.33 Å². The largest absolute Gasteiger partial charge is 0.480 e. The number of nitrogens with two attached hydrogens (primary N) is 1. The van der Waals surface area contributed by atoms with Crippen molar-refractivity contribution in [1.82, 2.24) is 20.6 Å². The van der Waals surface area contributed by atoms with E-state index in [1.807, 2.05) is 13.8 Å². The van der Waals surface area contributed by atoms with Gasteiger partial charge in [-0.15, -0.1) is 0 Å². The summed E-state index contributed by atoms with van der Waals surface area (Å²) in [4.78, 5) is 42.3. The number of carboxylic acid groups (broad SMARTS) is 1. The van der Waals surface area contributed by atoms with Crippen LogP contribution in [0, 0.1) is 5.92 Å². The number of nitrogens with one attached hydrogen (secondary N) is 3. The summed E-state index contributed by atoms with van der Waals surface area (Å²) in [6, 6.07) is -2.87. The molecule has 0 bridgehead atoms. The molecule has 0 saturated carbocycles. The van der Waals surface area contributed by atoms with E-state index >= 15 is 0 Å². The summed E-state index contributed by atoms with van der Waals surface area (Å²) in [5, 5.41) is 14.1. The molecule has 9 nitrogen and oxygen atoms in total. The fourth-order valence-electron chi connectivity index (χ4n) is 2.16. The summed E-state index contributed by atoms with van der Waals surface area (Å²) in [5.41, 5.74) is 6.51. The summed E-state index contributed by atoms with van der Waals surface area (Å²) in [5.74, 6) is -2.15. The number of hydrogen-bond donors (Lipinski definition) is 6. The van der Waals surface area contributed by atoms with Gasteiger partial charge in [-0.05, 0) is 12.3 Å². The minimum absolute atomic E-state index is 0.0162. The number of carboxylic acids is 1. The first-order chi connectivity index (χ1) is 11.7. The SMILES string of the molecule is CC(C)CC(NC(=O)C(CS)NC(=O)C(N)Cc1cnc[nH]1)C(=O)O. The van der Waals surface area contributed by atoms with Gasteiger partial charge in [0, 0.05) is 24.1 Å². The van der Waals surface area contributed by atoms with E-state index in [0.717, 1.165) is 0 Å². The summed E-state index contributed by atoms with van der Waals surface area (Å²) in [7, 11) is 0. The molecule has 0 aliphatic carbocycles. The minimum atomic E-state index is -1.12. The van der Waals surface area contributed by atoms with E-state index in [2.05, 4.69) is 33.2 Å². The topological polar surface area (TPSA) is 150 Å². The van der Waals surface area contributed by atoms with Gasteiger partial charge in [0.2, 0.25) is 11.8 Å². The van der Waals surface area contributed by atoms with Crippen molar-refractivity contribution >= 4 is 30.4 Å². The molecule has 0 saturated heterocycles. The van der Waals surface area contributed by atoms with Crippen LogP contribution in [0.5, 0.6) is 0 Å². The molecule has 0 aliphatic rings. The van der Waals surface area contributed by atoms with Crippen molar-refractivity contribution in [3.8, 4) is 0 Å². The van der Waals surface area contributed by atoms with Crippen LogP contribution < -0.4 is 16.4 Å². The molecule has 0 aliphatic heterocycles. The number of carbonyl (C=O) groups excluding carboxylic acids is 2. The minimum Gasteiger partial charge on any atom is -0.480 e. The lowest BCUT2D eigenvalue weighted by molar-refractivity contribution is -0.142. The zero-order valence-corrected chi connectivity index (χ0v) is 15.1. The number of aromatic amines is 1. The smallest absolute Gasteiger partial charge is 0.326 e. The quantitative estimate of drug-likeness (QED) is 0.300. The molecule has 0 radical (unpaired) electrons. The van der Waals surface area contributed by atoms with Crippen LogP contribution in [-0.4, -0.2) is 56.7 Å².